The molecule has 3 aliphatic rings. The lowest BCUT2D eigenvalue weighted by Crippen LogP contribution is -2.35. The van der Waals surface area contributed by atoms with Crippen molar-refractivity contribution < 1.29 is 19.1 Å². The molecule has 150 valence electrons. The van der Waals surface area contributed by atoms with Crippen molar-refractivity contribution in [1.29, 1.82) is 0 Å². The number of carbonyl (C=O) groups excluding carboxylic acids is 2. The van der Waals surface area contributed by atoms with Gasteiger partial charge in [-0.05, 0) is 73.6 Å². The second-order valence-corrected chi connectivity index (χ2v) is 9.45. The Hall–Kier alpha value is -1.10. The SMILES string of the molecule is CC(=O)O[C@@]1(C)C=C(CC[C@@H](C)[C@H]2CCC3C(=CBr)CCC[C@@]32C)OC1=O. The van der Waals surface area contributed by atoms with Gasteiger partial charge in [0.15, 0.2) is 0 Å². The summed E-state index contributed by atoms with van der Waals surface area (Å²) in [5.41, 5.74) is 0.695. The molecular weight excluding hydrogens is 408 g/mol. The molecule has 2 saturated carbocycles. The molecule has 1 unspecified atom stereocenters. The van der Waals surface area contributed by atoms with Crippen LogP contribution in [0.15, 0.2) is 22.4 Å². The summed E-state index contributed by atoms with van der Waals surface area (Å²) in [4.78, 5) is 25.5. The van der Waals surface area contributed by atoms with Crippen molar-refractivity contribution in [2.24, 2.45) is 23.2 Å². The molecule has 0 aromatic carbocycles. The van der Waals surface area contributed by atoms with E-state index >= 15 is 0 Å². The Morgan fingerprint density at radius 2 is 2.19 bits per heavy atom. The summed E-state index contributed by atoms with van der Waals surface area (Å²) in [5, 5.41) is 0. The Labute approximate surface area is 170 Å². The highest BCUT2D eigenvalue weighted by molar-refractivity contribution is 9.11. The van der Waals surface area contributed by atoms with E-state index in [-0.39, 0.29) is 0 Å². The lowest BCUT2D eigenvalue weighted by atomic mass is 9.61. The van der Waals surface area contributed by atoms with Crippen LogP contribution in [0.2, 0.25) is 0 Å². The molecule has 3 rings (SSSR count). The van der Waals surface area contributed by atoms with E-state index in [4.69, 9.17) is 9.47 Å². The second kappa shape index (κ2) is 7.73. The maximum absolute atomic E-state index is 12.1. The van der Waals surface area contributed by atoms with Crippen LogP contribution in [0.25, 0.3) is 0 Å². The summed E-state index contributed by atoms with van der Waals surface area (Å²) in [6.45, 7) is 7.72. The molecule has 1 aliphatic heterocycles. The molecule has 0 amide bonds. The smallest absolute Gasteiger partial charge is 0.359 e. The largest absolute Gasteiger partial charge is 0.443 e. The molecule has 27 heavy (non-hydrogen) atoms. The lowest BCUT2D eigenvalue weighted by molar-refractivity contribution is -0.167. The number of hydrogen-bond acceptors (Lipinski definition) is 4. The van der Waals surface area contributed by atoms with Crippen molar-refractivity contribution >= 4 is 27.9 Å². The molecule has 5 heteroatoms. The number of ether oxygens (including phenoxy) is 2. The van der Waals surface area contributed by atoms with Crippen LogP contribution in [-0.2, 0) is 19.1 Å². The maximum atomic E-state index is 12.1. The summed E-state index contributed by atoms with van der Waals surface area (Å²) in [7, 11) is 0. The summed E-state index contributed by atoms with van der Waals surface area (Å²) >= 11 is 3.58. The van der Waals surface area contributed by atoms with Crippen molar-refractivity contribution in [2.75, 3.05) is 0 Å². The minimum atomic E-state index is -1.27. The van der Waals surface area contributed by atoms with E-state index in [0.29, 0.717) is 35.3 Å². The highest BCUT2D eigenvalue weighted by Crippen LogP contribution is 2.60. The third-order valence-corrected chi connectivity index (χ3v) is 7.72. The van der Waals surface area contributed by atoms with E-state index in [9.17, 15) is 9.59 Å². The highest BCUT2D eigenvalue weighted by Gasteiger charge is 2.50. The molecule has 2 aliphatic carbocycles. The van der Waals surface area contributed by atoms with Gasteiger partial charge in [0.1, 0.15) is 5.76 Å². The molecule has 0 bridgehead atoms. The zero-order chi connectivity index (χ0) is 19.8. The average molecular weight is 439 g/mol. The van der Waals surface area contributed by atoms with E-state index in [1.807, 2.05) is 0 Å². The van der Waals surface area contributed by atoms with Gasteiger partial charge in [-0.15, -0.1) is 0 Å². The summed E-state index contributed by atoms with van der Waals surface area (Å²) < 4.78 is 10.5. The second-order valence-electron chi connectivity index (χ2n) is 9.00. The first-order valence-corrected chi connectivity index (χ1v) is 11.0. The number of esters is 2. The molecule has 0 radical (unpaired) electrons. The normalized spacial score (nSPS) is 38.3. The van der Waals surface area contributed by atoms with Gasteiger partial charge in [0.2, 0.25) is 5.60 Å². The lowest BCUT2D eigenvalue weighted by Gasteiger charge is -2.44. The minimum absolute atomic E-state index is 0.379. The van der Waals surface area contributed by atoms with Crippen LogP contribution in [-0.4, -0.2) is 17.5 Å². The number of allylic oxidation sites excluding steroid dienone is 2. The van der Waals surface area contributed by atoms with Crippen LogP contribution in [0.5, 0.6) is 0 Å². The van der Waals surface area contributed by atoms with Gasteiger partial charge in [-0.25, -0.2) is 4.79 Å². The molecule has 4 nitrogen and oxygen atoms in total. The summed E-state index contributed by atoms with van der Waals surface area (Å²) in [6.07, 6.45) is 9.73. The van der Waals surface area contributed by atoms with Crippen LogP contribution >= 0.6 is 15.9 Å². The zero-order valence-electron chi connectivity index (χ0n) is 16.8. The topological polar surface area (TPSA) is 52.6 Å². The molecule has 0 spiro atoms. The maximum Gasteiger partial charge on any atom is 0.359 e. The standard InChI is InChI=1S/C22H31BrO4/c1-14(7-8-17-12-22(4,20(25)26-17)27-15(2)24)18-9-10-19-16(13-23)6-5-11-21(18,19)3/h12-14,18-19H,5-11H2,1-4H3/t14-,18-,19?,21-,22+/m1/s1. The summed E-state index contributed by atoms with van der Waals surface area (Å²) in [5.74, 6) is 1.64. The van der Waals surface area contributed by atoms with E-state index in [0.717, 1.165) is 6.42 Å². The van der Waals surface area contributed by atoms with Gasteiger partial charge in [-0.1, -0.05) is 35.4 Å². The van der Waals surface area contributed by atoms with Crippen molar-refractivity contribution in [2.45, 2.75) is 78.2 Å². The third-order valence-electron chi connectivity index (χ3n) is 7.13. The predicted octanol–water partition coefficient (Wildman–Crippen LogP) is 5.66. The van der Waals surface area contributed by atoms with Crippen molar-refractivity contribution in [3.8, 4) is 0 Å². The van der Waals surface area contributed by atoms with Crippen molar-refractivity contribution in [1.82, 2.24) is 0 Å². The number of fused-ring (bicyclic) bond motifs is 1. The van der Waals surface area contributed by atoms with Crippen LogP contribution in [0.4, 0.5) is 0 Å². The van der Waals surface area contributed by atoms with Gasteiger partial charge >= 0.3 is 11.9 Å². The Morgan fingerprint density at radius 1 is 1.44 bits per heavy atom. The van der Waals surface area contributed by atoms with Gasteiger partial charge in [0, 0.05) is 19.4 Å². The van der Waals surface area contributed by atoms with Crippen LogP contribution < -0.4 is 0 Å². The van der Waals surface area contributed by atoms with E-state index < -0.39 is 17.5 Å². The molecular formula is C22H31BrO4. The van der Waals surface area contributed by atoms with Gasteiger partial charge in [0.05, 0.1) is 0 Å². The Morgan fingerprint density at radius 3 is 2.85 bits per heavy atom. The van der Waals surface area contributed by atoms with E-state index in [1.165, 1.54) is 39.0 Å². The monoisotopic (exact) mass is 438 g/mol. The number of cyclic esters (lactones) is 1. The number of hydrogen-bond donors (Lipinski definition) is 0. The summed E-state index contributed by atoms with van der Waals surface area (Å²) in [6, 6.07) is 0. The number of carbonyl (C=O) groups is 2. The van der Waals surface area contributed by atoms with Crippen molar-refractivity contribution in [3.05, 3.63) is 22.4 Å². The van der Waals surface area contributed by atoms with Crippen molar-refractivity contribution in [3.63, 3.8) is 0 Å². The molecule has 2 fully saturated rings. The van der Waals surface area contributed by atoms with Crippen LogP contribution in [0, 0.1) is 23.2 Å². The van der Waals surface area contributed by atoms with Crippen LogP contribution in [0.3, 0.4) is 0 Å². The number of halogens is 1. The quantitative estimate of drug-likeness (QED) is 0.519. The van der Waals surface area contributed by atoms with Gasteiger partial charge < -0.3 is 9.47 Å². The highest BCUT2D eigenvalue weighted by atomic mass is 79.9. The molecule has 0 aromatic heterocycles. The zero-order valence-corrected chi connectivity index (χ0v) is 18.4. The Bertz CT molecular complexity index is 682. The van der Waals surface area contributed by atoms with E-state index in [2.05, 4.69) is 34.8 Å². The molecule has 0 N–H and O–H groups in total. The third kappa shape index (κ3) is 3.90. The first kappa shape index (κ1) is 20.6. The van der Waals surface area contributed by atoms with Gasteiger partial charge in [0.25, 0.3) is 0 Å². The Kier molecular flexibility index (Phi) is 5.90. The Balaban J connectivity index is 1.63. The average Bonchev–Trinajstić information content (AvgIpc) is 3.08. The fourth-order valence-electron chi connectivity index (χ4n) is 5.83. The fraction of sp³-hybridized carbons (Fsp3) is 0.727. The first-order valence-electron chi connectivity index (χ1n) is 10.1. The molecule has 0 saturated heterocycles. The minimum Gasteiger partial charge on any atom is -0.443 e. The molecule has 1 heterocycles. The van der Waals surface area contributed by atoms with Gasteiger partial charge in [-0.2, -0.15) is 0 Å². The fourth-order valence-corrected chi connectivity index (χ4v) is 6.37. The van der Waals surface area contributed by atoms with Gasteiger partial charge in [-0.3, -0.25) is 4.79 Å². The van der Waals surface area contributed by atoms with Crippen LogP contribution in [0.1, 0.15) is 72.6 Å². The number of rotatable bonds is 5. The first-order chi connectivity index (χ1) is 12.7. The van der Waals surface area contributed by atoms with E-state index in [1.54, 1.807) is 18.6 Å². The molecule has 5 atom stereocenters. The predicted molar refractivity (Wildman–Crippen MR) is 108 cm³/mol. The molecule has 0 aromatic rings.